The summed E-state index contributed by atoms with van der Waals surface area (Å²) in [5.74, 6) is 0. The first-order valence-electron chi connectivity index (χ1n) is 7.01. The number of amides is 2. The molecule has 2 aromatic carbocycles. The van der Waals surface area contributed by atoms with E-state index >= 15 is 0 Å². The predicted molar refractivity (Wildman–Crippen MR) is 82.8 cm³/mol. The Bertz CT molecular complexity index is 543. The molecule has 4 heteroatoms. The van der Waals surface area contributed by atoms with E-state index in [4.69, 9.17) is 0 Å². The molecule has 2 rings (SSSR count). The van der Waals surface area contributed by atoms with Crippen molar-refractivity contribution in [3.8, 4) is 0 Å². The van der Waals surface area contributed by atoms with Crippen molar-refractivity contribution in [2.45, 2.75) is 19.1 Å². The molecular formula is C17H20N2O2. The number of nitrogens with one attached hydrogen (secondary N) is 2. The molecule has 0 aliphatic heterocycles. The number of hydrogen-bond acceptors (Lipinski definition) is 2. The van der Waals surface area contributed by atoms with E-state index in [9.17, 15) is 9.90 Å². The third-order valence-corrected chi connectivity index (χ3v) is 3.11. The quantitative estimate of drug-likeness (QED) is 0.760. The molecule has 110 valence electrons. The van der Waals surface area contributed by atoms with Crippen LogP contribution in [0.3, 0.4) is 0 Å². The van der Waals surface area contributed by atoms with Crippen LogP contribution in [-0.4, -0.2) is 23.8 Å². The van der Waals surface area contributed by atoms with E-state index in [1.807, 2.05) is 60.7 Å². The summed E-state index contributed by atoms with van der Waals surface area (Å²) in [6, 6.07) is 19.1. The van der Waals surface area contributed by atoms with E-state index < -0.39 is 6.10 Å². The second-order valence-corrected chi connectivity index (χ2v) is 4.89. The number of carbonyl (C=O) groups is 1. The lowest BCUT2D eigenvalue weighted by atomic mass is 10.1. The number of benzene rings is 2. The number of urea groups is 1. The van der Waals surface area contributed by atoms with Gasteiger partial charge < -0.3 is 15.7 Å². The summed E-state index contributed by atoms with van der Waals surface area (Å²) >= 11 is 0. The van der Waals surface area contributed by atoms with Crippen molar-refractivity contribution in [2.24, 2.45) is 0 Å². The van der Waals surface area contributed by atoms with E-state index in [0.717, 1.165) is 11.1 Å². The summed E-state index contributed by atoms with van der Waals surface area (Å²) in [5.41, 5.74) is 2.09. The van der Waals surface area contributed by atoms with Crippen molar-refractivity contribution in [2.75, 3.05) is 6.54 Å². The van der Waals surface area contributed by atoms with Crippen LogP contribution in [0.5, 0.6) is 0 Å². The van der Waals surface area contributed by atoms with Gasteiger partial charge in [0.2, 0.25) is 0 Å². The smallest absolute Gasteiger partial charge is 0.315 e. The van der Waals surface area contributed by atoms with Crippen LogP contribution < -0.4 is 10.6 Å². The number of aliphatic hydroxyl groups is 1. The molecule has 0 heterocycles. The number of rotatable bonds is 6. The van der Waals surface area contributed by atoms with Gasteiger partial charge in [-0.3, -0.25) is 0 Å². The zero-order valence-electron chi connectivity index (χ0n) is 11.8. The fourth-order valence-electron chi connectivity index (χ4n) is 2.01. The second kappa shape index (κ2) is 8.07. The molecule has 0 saturated heterocycles. The van der Waals surface area contributed by atoms with Crippen LogP contribution in [0.1, 0.15) is 11.1 Å². The van der Waals surface area contributed by atoms with Crippen molar-refractivity contribution in [3.05, 3.63) is 71.8 Å². The first-order chi connectivity index (χ1) is 10.2. The lowest BCUT2D eigenvalue weighted by molar-refractivity contribution is 0.170. The highest BCUT2D eigenvalue weighted by molar-refractivity contribution is 5.73. The molecule has 1 unspecified atom stereocenters. The van der Waals surface area contributed by atoms with Gasteiger partial charge in [0, 0.05) is 19.5 Å². The van der Waals surface area contributed by atoms with Gasteiger partial charge in [-0.25, -0.2) is 4.79 Å². The Balaban J connectivity index is 1.66. The fraction of sp³-hybridized carbons (Fsp3) is 0.235. The molecule has 3 N–H and O–H groups in total. The number of carbonyl (C=O) groups excluding carboxylic acids is 1. The molecule has 0 aliphatic carbocycles. The Morgan fingerprint density at radius 1 is 0.905 bits per heavy atom. The van der Waals surface area contributed by atoms with Crippen LogP contribution in [0.2, 0.25) is 0 Å². The van der Waals surface area contributed by atoms with E-state index in [0.29, 0.717) is 13.0 Å². The number of aliphatic hydroxyl groups excluding tert-OH is 1. The molecule has 0 saturated carbocycles. The molecule has 1 atom stereocenters. The minimum absolute atomic E-state index is 0.232. The molecule has 2 aromatic rings. The van der Waals surface area contributed by atoms with Crippen molar-refractivity contribution >= 4 is 6.03 Å². The van der Waals surface area contributed by atoms with Crippen LogP contribution in [0, 0.1) is 0 Å². The van der Waals surface area contributed by atoms with Crippen molar-refractivity contribution in [1.82, 2.24) is 10.6 Å². The maximum Gasteiger partial charge on any atom is 0.315 e. The van der Waals surface area contributed by atoms with Gasteiger partial charge in [-0.15, -0.1) is 0 Å². The number of hydrogen-bond donors (Lipinski definition) is 3. The average molecular weight is 284 g/mol. The fourth-order valence-corrected chi connectivity index (χ4v) is 2.01. The van der Waals surface area contributed by atoms with Gasteiger partial charge in [0.1, 0.15) is 0 Å². The van der Waals surface area contributed by atoms with Crippen molar-refractivity contribution in [3.63, 3.8) is 0 Å². The Kier molecular flexibility index (Phi) is 5.79. The van der Waals surface area contributed by atoms with E-state index in [-0.39, 0.29) is 12.6 Å². The molecule has 0 bridgehead atoms. The van der Waals surface area contributed by atoms with Gasteiger partial charge in [0.15, 0.2) is 0 Å². The normalized spacial score (nSPS) is 11.7. The third-order valence-electron chi connectivity index (χ3n) is 3.11. The van der Waals surface area contributed by atoms with Crippen LogP contribution in [0.25, 0.3) is 0 Å². The average Bonchev–Trinajstić information content (AvgIpc) is 2.53. The summed E-state index contributed by atoms with van der Waals surface area (Å²) in [7, 11) is 0. The lowest BCUT2D eigenvalue weighted by Gasteiger charge is -2.12. The first kappa shape index (κ1) is 15.1. The van der Waals surface area contributed by atoms with Gasteiger partial charge in [-0.1, -0.05) is 60.7 Å². The summed E-state index contributed by atoms with van der Waals surface area (Å²) in [4.78, 5) is 11.6. The molecule has 0 radical (unpaired) electrons. The van der Waals surface area contributed by atoms with Gasteiger partial charge in [0.05, 0.1) is 6.10 Å². The van der Waals surface area contributed by atoms with Crippen molar-refractivity contribution in [1.29, 1.82) is 0 Å². The minimum atomic E-state index is -0.588. The molecule has 21 heavy (non-hydrogen) atoms. The van der Waals surface area contributed by atoms with Gasteiger partial charge in [-0.2, -0.15) is 0 Å². The molecule has 2 amide bonds. The van der Waals surface area contributed by atoms with Crippen LogP contribution in [0.4, 0.5) is 4.79 Å². The Morgan fingerprint density at radius 3 is 2.10 bits per heavy atom. The topological polar surface area (TPSA) is 61.4 Å². The summed E-state index contributed by atoms with van der Waals surface area (Å²) in [6.07, 6.45) is -0.0605. The predicted octanol–water partition coefficient (Wildman–Crippen LogP) is 2.09. The van der Waals surface area contributed by atoms with Crippen LogP contribution in [-0.2, 0) is 13.0 Å². The van der Waals surface area contributed by atoms with E-state index in [2.05, 4.69) is 10.6 Å². The van der Waals surface area contributed by atoms with Crippen LogP contribution in [0.15, 0.2) is 60.7 Å². The second-order valence-electron chi connectivity index (χ2n) is 4.89. The standard InChI is InChI=1S/C17H20N2O2/c20-16(11-14-7-3-1-4-8-14)13-19-17(21)18-12-15-9-5-2-6-10-15/h1-10,16,20H,11-13H2,(H2,18,19,21). The van der Waals surface area contributed by atoms with Gasteiger partial charge >= 0.3 is 6.03 Å². The SMILES string of the molecule is O=C(NCc1ccccc1)NCC(O)Cc1ccccc1. The molecular weight excluding hydrogens is 264 g/mol. The third kappa shape index (κ3) is 5.67. The zero-order valence-corrected chi connectivity index (χ0v) is 11.8. The lowest BCUT2D eigenvalue weighted by Crippen LogP contribution is -2.39. The summed E-state index contributed by atoms with van der Waals surface area (Å²) in [5, 5.41) is 15.3. The molecule has 4 nitrogen and oxygen atoms in total. The highest BCUT2D eigenvalue weighted by atomic mass is 16.3. The van der Waals surface area contributed by atoms with Gasteiger partial charge in [0.25, 0.3) is 0 Å². The van der Waals surface area contributed by atoms with E-state index in [1.54, 1.807) is 0 Å². The van der Waals surface area contributed by atoms with E-state index in [1.165, 1.54) is 0 Å². The molecule has 0 aromatic heterocycles. The molecule has 0 fully saturated rings. The van der Waals surface area contributed by atoms with Gasteiger partial charge in [-0.05, 0) is 11.1 Å². The summed E-state index contributed by atoms with van der Waals surface area (Å²) in [6.45, 7) is 0.705. The maximum atomic E-state index is 11.6. The molecule has 0 spiro atoms. The van der Waals surface area contributed by atoms with Crippen LogP contribution >= 0.6 is 0 Å². The highest BCUT2D eigenvalue weighted by Gasteiger charge is 2.07. The maximum absolute atomic E-state index is 11.6. The Labute approximate surface area is 124 Å². The first-order valence-corrected chi connectivity index (χ1v) is 7.01. The highest BCUT2D eigenvalue weighted by Crippen LogP contribution is 2.02. The van der Waals surface area contributed by atoms with Crippen molar-refractivity contribution < 1.29 is 9.90 Å². The zero-order chi connectivity index (χ0) is 14.9. The monoisotopic (exact) mass is 284 g/mol. The summed E-state index contributed by atoms with van der Waals surface area (Å²) < 4.78 is 0. The Hall–Kier alpha value is -2.33. The largest absolute Gasteiger partial charge is 0.391 e. The Morgan fingerprint density at radius 2 is 1.48 bits per heavy atom. The molecule has 0 aliphatic rings. The minimum Gasteiger partial charge on any atom is -0.391 e.